The molecular formula is C21H23NO2Se. The zero-order chi connectivity index (χ0) is 17.4. The number of likely N-dealkylation sites (tertiary alicyclic amines) is 1. The molecule has 2 heterocycles. The Morgan fingerprint density at radius 3 is 2.80 bits per heavy atom. The van der Waals surface area contributed by atoms with Gasteiger partial charge in [-0.3, -0.25) is 0 Å². The van der Waals surface area contributed by atoms with E-state index in [9.17, 15) is 5.11 Å². The zero-order valence-electron chi connectivity index (χ0n) is 14.7. The van der Waals surface area contributed by atoms with E-state index in [0.717, 1.165) is 30.5 Å². The van der Waals surface area contributed by atoms with Gasteiger partial charge in [0.05, 0.1) is 0 Å². The monoisotopic (exact) mass is 401 g/mol. The van der Waals surface area contributed by atoms with Gasteiger partial charge in [0.1, 0.15) is 0 Å². The Bertz CT molecular complexity index is 828. The van der Waals surface area contributed by atoms with Gasteiger partial charge in [-0.25, -0.2) is 0 Å². The van der Waals surface area contributed by atoms with Crippen molar-refractivity contribution in [2.24, 2.45) is 0 Å². The molecule has 0 amide bonds. The molecule has 4 heteroatoms. The Morgan fingerprint density at radius 2 is 1.96 bits per heavy atom. The molecule has 1 unspecified atom stereocenters. The summed E-state index contributed by atoms with van der Waals surface area (Å²) in [5, 5.41) is 10.7. The SMILES string of the molecule is CCOC1CCCN(C)C1=C1c2ccccc2[Se]c2cccc(O)c21. The summed E-state index contributed by atoms with van der Waals surface area (Å²) in [5.41, 5.74) is 4.65. The Balaban J connectivity index is 2.02. The molecule has 1 saturated heterocycles. The third-order valence-electron chi connectivity index (χ3n) is 4.93. The summed E-state index contributed by atoms with van der Waals surface area (Å²) in [4.78, 5) is 2.32. The van der Waals surface area contributed by atoms with Crippen molar-refractivity contribution in [1.29, 1.82) is 0 Å². The van der Waals surface area contributed by atoms with E-state index in [1.807, 2.05) is 12.1 Å². The normalized spacial score (nSPS) is 22.5. The summed E-state index contributed by atoms with van der Waals surface area (Å²) in [6, 6.07) is 14.5. The van der Waals surface area contributed by atoms with Crippen LogP contribution in [0.3, 0.4) is 0 Å². The predicted octanol–water partition coefficient (Wildman–Crippen LogP) is 2.25. The van der Waals surface area contributed by atoms with Gasteiger partial charge in [-0.1, -0.05) is 0 Å². The maximum atomic E-state index is 10.7. The van der Waals surface area contributed by atoms with Crippen molar-refractivity contribution in [3.63, 3.8) is 0 Å². The molecule has 1 fully saturated rings. The number of phenolic OH excluding ortho intramolecular Hbond substituents is 1. The van der Waals surface area contributed by atoms with E-state index in [1.165, 1.54) is 20.2 Å². The number of likely N-dealkylation sites (N-methyl/N-ethyl adjacent to an activating group) is 1. The van der Waals surface area contributed by atoms with Gasteiger partial charge in [-0.05, 0) is 0 Å². The fraction of sp³-hybridized carbons (Fsp3) is 0.333. The third kappa shape index (κ3) is 2.89. The number of hydrogen-bond donors (Lipinski definition) is 1. The van der Waals surface area contributed by atoms with Gasteiger partial charge in [-0.15, -0.1) is 0 Å². The van der Waals surface area contributed by atoms with Crippen LogP contribution in [0.4, 0.5) is 0 Å². The van der Waals surface area contributed by atoms with Crippen LogP contribution in [0.5, 0.6) is 5.75 Å². The molecule has 0 aliphatic carbocycles. The number of rotatable bonds is 2. The summed E-state index contributed by atoms with van der Waals surface area (Å²) in [6.45, 7) is 3.79. The van der Waals surface area contributed by atoms with Crippen LogP contribution in [0, 0.1) is 0 Å². The molecule has 25 heavy (non-hydrogen) atoms. The molecule has 1 atom stereocenters. The molecule has 2 aromatic carbocycles. The van der Waals surface area contributed by atoms with Gasteiger partial charge in [0, 0.05) is 0 Å². The van der Waals surface area contributed by atoms with E-state index in [0.29, 0.717) is 12.4 Å². The van der Waals surface area contributed by atoms with Crippen LogP contribution in [0.15, 0.2) is 48.2 Å². The van der Waals surface area contributed by atoms with E-state index in [2.05, 4.69) is 49.2 Å². The van der Waals surface area contributed by atoms with Gasteiger partial charge in [0.2, 0.25) is 0 Å². The standard InChI is InChI=1S/C21H23NO2Se/c1-3-24-16-10-7-13-22(2)21(16)19-14-8-4-5-11-17(14)25-18-12-6-9-15(23)20(18)19/h4-6,8-9,11-12,16,23H,3,7,10,13H2,1-2H3. The van der Waals surface area contributed by atoms with Crippen molar-refractivity contribution in [3.05, 3.63) is 59.3 Å². The molecule has 0 bridgehead atoms. The number of aromatic hydroxyl groups is 1. The summed E-state index contributed by atoms with van der Waals surface area (Å²) >= 11 is 0.211. The van der Waals surface area contributed by atoms with Gasteiger partial charge in [0.25, 0.3) is 0 Å². The summed E-state index contributed by atoms with van der Waals surface area (Å²) < 4.78 is 8.75. The number of hydrogen-bond acceptors (Lipinski definition) is 3. The number of phenols is 1. The molecule has 0 saturated carbocycles. The molecular weight excluding hydrogens is 377 g/mol. The molecule has 2 aliphatic heterocycles. The molecule has 130 valence electrons. The third-order valence-corrected chi connectivity index (χ3v) is 7.31. The Hall–Kier alpha value is -1.74. The number of piperidine rings is 1. The molecule has 2 aromatic rings. The summed E-state index contributed by atoms with van der Waals surface area (Å²) in [7, 11) is 2.15. The van der Waals surface area contributed by atoms with Crippen molar-refractivity contribution in [2.45, 2.75) is 25.9 Å². The van der Waals surface area contributed by atoms with E-state index >= 15 is 0 Å². The van der Waals surface area contributed by atoms with Crippen LogP contribution >= 0.6 is 0 Å². The number of fused-ring (bicyclic) bond motifs is 2. The molecule has 1 N–H and O–H groups in total. The van der Waals surface area contributed by atoms with Crippen molar-refractivity contribution in [2.75, 3.05) is 20.2 Å². The average Bonchev–Trinajstić information content (AvgIpc) is 2.61. The van der Waals surface area contributed by atoms with Crippen LogP contribution in [-0.2, 0) is 4.74 Å². The Kier molecular flexibility index (Phi) is 4.59. The molecule has 4 rings (SSSR count). The van der Waals surface area contributed by atoms with E-state index in [-0.39, 0.29) is 21.1 Å². The number of benzene rings is 2. The van der Waals surface area contributed by atoms with Crippen LogP contribution in [0.2, 0.25) is 0 Å². The van der Waals surface area contributed by atoms with E-state index in [4.69, 9.17) is 4.74 Å². The fourth-order valence-corrected chi connectivity index (χ4v) is 6.22. The van der Waals surface area contributed by atoms with E-state index < -0.39 is 0 Å². The average molecular weight is 400 g/mol. The Labute approximate surface area is 155 Å². The second kappa shape index (κ2) is 6.87. The first-order valence-electron chi connectivity index (χ1n) is 8.87. The summed E-state index contributed by atoms with van der Waals surface area (Å²) in [5.74, 6) is 0.380. The zero-order valence-corrected chi connectivity index (χ0v) is 16.4. The second-order valence-electron chi connectivity index (χ2n) is 6.52. The number of nitrogens with zero attached hydrogens (tertiary/aromatic N) is 1. The first-order chi connectivity index (χ1) is 12.2. The fourth-order valence-electron chi connectivity index (χ4n) is 3.87. The Morgan fingerprint density at radius 1 is 1.16 bits per heavy atom. The summed E-state index contributed by atoms with van der Waals surface area (Å²) in [6.07, 6.45) is 2.26. The van der Waals surface area contributed by atoms with E-state index in [1.54, 1.807) is 0 Å². The van der Waals surface area contributed by atoms with Crippen molar-refractivity contribution < 1.29 is 9.84 Å². The first kappa shape index (κ1) is 16.7. The molecule has 2 aliphatic rings. The van der Waals surface area contributed by atoms with Crippen molar-refractivity contribution >= 4 is 29.5 Å². The second-order valence-corrected chi connectivity index (χ2v) is 8.79. The van der Waals surface area contributed by atoms with Crippen LogP contribution < -0.4 is 8.92 Å². The van der Waals surface area contributed by atoms with Crippen LogP contribution in [0.1, 0.15) is 30.9 Å². The molecule has 0 aromatic heterocycles. The van der Waals surface area contributed by atoms with Gasteiger partial charge in [0.15, 0.2) is 0 Å². The minimum atomic E-state index is 0.0878. The number of ether oxygens (including phenoxy) is 1. The maximum absolute atomic E-state index is 10.7. The van der Waals surface area contributed by atoms with Crippen molar-refractivity contribution in [1.82, 2.24) is 4.90 Å². The molecule has 3 nitrogen and oxygen atoms in total. The van der Waals surface area contributed by atoms with Crippen molar-refractivity contribution in [3.8, 4) is 5.75 Å². The van der Waals surface area contributed by atoms with Gasteiger partial charge >= 0.3 is 155 Å². The van der Waals surface area contributed by atoms with Crippen LogP contribution in [-0.4, -0.2) is 51.3 Å². The topological polar surface area (TPSA) is 32.7 Å². The van der Waals surface area contributed by atoms with Gasteiger partial charge < -0.3 is 0 Å². The van der Waals surface area contributed by atoms with Crippen LogP contribution in [0.25, 0.3) is 5.57 Å². The predicted molar refractivity (Wildman–Crippen MR) is 103 cm³/mol. The first-order valence-corrected chi connectivity index (χ1v) is 10.6. The minimum absolute atomic E-state index is 0.0878. The van der Waals surface area contributed by atoms with Gasteiger partial charge in [-0.2, -0.15) is 0 Å². The quantitative estimate of drug-likeness (QED) is 0.670. The molecule has 0 radical (unpaired) electrons. The molecule has 0 spiro atoms.